The third-order valence-electron chi connectivity index (χ3n) is 3.91. The lowest BCUT2D eigenvalue weighted by molar-refractivity contribution is -0.123. The van der Waals surface area contributed by atoms with Crippen molar-refractivity contribution < 1.29 is 9.53 Å². The Morgan fingerprint density at radius 3 is 3.05 bits per heavy atom. The number of likely N-dealkylation sites (tertiary alicyclic amines) is 1. The number of carbonyl (C=O) groups is 1. The zero-order chi connectivity index (χ0) is 15.2. The van der Waals surface area contributed by atoms with Crippen LogP contribution in [0.3, 0.4) is 0 Å². The van der Waals surface area contributed by atoms with Crippen LogP contribution in [0, 0.1) is 5.92 Å². The number of hydrogen-bond acceptors (Lipinski definition) is 4. The molecule has 1 aromatic carbocycles. The zero-order valence-corrected chi connectivity index (χ0v) is 12.8. The Kier molecular flexibility index (Phi) is 5.44. The molecule has 116 valence electrons. The maximum atomic E-state index is 12.0. The van der Waals surface area contributed by atoms with E-state index in [1.807, 2.05) is 12.1 Å². The van der Waals surface area contributed by atoms with Gasteiger partial charge in [0.1, 0.15) is 5.75 Å². The van der Waals surface area contributed by atoms with E-state index in [0.717, 1.165) is 19.5 Å². The molecule has 21 heavy (non-hydrogen) atoms. The van der Waals surface area contributed by atoms with Gasteiger partial charge in [0, 0.05) is 24.3 Å². The summed E-state index contributed by atoms with van der Waals surface area (Å²) in [4.78, 5) is 14.3. The molecule has 0 bridgehead atoms. The van der Waals surface area contributed by atoms with Gasteiger partial charge in [-0.3, -0.25) is 4.79 Å². The predicted octanol–water partition coefficient (Wildman–Crippen LogP) is 1.49. The van der Waals surface area contributed by atoms with Crippen LogP contribution in [0.4, 0.5) is 5.69 Å². The summed E-state index contributed by atoms with van der Waals surface area (Å²) in [5, 5.41) is 3.12. The topological polar surface area (TPSA) is 67.6 Å². The van der Waals surface area contributed by atoms with Crippen LogP contribution in [0.25, 0.3) is 0 Å². The van der Waals surface area contributed by atoms with E-state index in [9.17, 15) is 4.79 Å². The molecule has 0 saturated carbocycles. The molecule has 0 spiro atoms. The predicted molar refractivity (Wildman–Crippen MR) is 84.2 cm³/mol. The second-order valence-electron chi connectivity index (χ2n) is 5.87. The molecule has 2 atom stereocenters. The van der Waals surface area contributed by atoms with E-state index in [4.69, 9.17) is 10.5 Å². The lowest BCUT2D eigenvalue weighted by atomic mass is 9.94. The van der Waals surface area contributed by atoms with E-state index in [2.05, 4.69) is 24.2 Å². The quantitative estimate of drug-likeness (QED) is 0.807. The largest absolute Gasteiger partial charge is 0.493 e. The van der Waals surface area contributed by atoms with Gasteiger partial charge in [-0.1, -0.05) is 13.0 Å². The van der Waals surface area contributed by atoms with Gasteiger partial charge in [0.2, 0.25) is 5.91 Å². The molecule has 0 aliphatic carbocycles. The minimum absolute atomic E-state index is 0.0558. The lowest BCUT2D eigenvalue weighted by Crippen LogP contribution is -2.49. The standard InChI is InChI=1S/C16H25N3O2/c1-12-11-19(2)8-6-15(12)18-16(20)7-9-21-14-5-3-4-13(17)10-14/h3-5,10,12,15H,6-9,11,17H2,1-2H3,(H,18,20). The molecule has 1 amide bonds. The van der Waals surface area contributed by atoms with Crippen molar-refractivity contribution in [3.05, 3.63) is 24.3 Å². The SMILES string of the molecule is CC1CN(C)CCC1NC(=O)CCOc1cccc(N)c1. The first-order valence-electron chi connectivity index (χ1n) is 7.51. The van der Waals surface area contributed by atoms with E-state index in [-0.39, 0.29) is 11.9 Å². The molecule has 5 nitrogen and oxygen atoms in total. The maximum absolute atomic E-state index is 12.0. The monoisotopic (exact) mass is 291 g/mol. The minimum Gasteiger partial charge on any atom is -0.493 e. The van der Waals surface area contributed by atoms with E-state index >= 15 is 0 Å². The second kappa shape index (κ2) is 7.31. The summed E-state index contributed by atoms with van der Waals surface area (Å²) in [7, 11) is 2.12. The zero-order valence-electron chi connectivity index (χ0n) is 12.8. The Bertz CT molecular complexity index is 478. The van der Waals surface area contributed by atoms with Gasteiger partial charge in [-0.2, -0.15) is 0 Å². The van der Waals surface area contributed by atoms with Gasteiger partial charge >= 0.3 is 0 Å². The number of ether oxygens (including phenoxy) is 1. The number of anilines is 1. The number of hydrogen-bond donors (Lipinski definition) is 2. The number of piperidine rings is 1. The van der Waals surface area contributed by atoms with E-state index in [1.165, 1.54) is 0 Å². The van der Waals surface area contributed by atoms with Gasteiger partial charge in [0.15, 0.2) is 0 Å². The summed E-state index contributed by atoms with van der Waals surface area (Å²) in [6.45, 7) is 4.62. The summed E-state index contributed by atoms with van der Waals surface area (Å²) in [5.74, 6) is 1.25. The molecule has 1 fully saturated rings. The highest BCUT2D eigenvalue weighted by Crippen LogP contribution is 2.16. The number of nitrogen functional groups attached to an aromatic ring is 1. The Morgan fingerprint density at radius 2 is 2.33 bits per heavy atom. The van der Waals surface area contributed by atoms with Crippen LogP contribution < -0.4 is 15.8 Å². The molecule has 2 unspecified atom stereocenters. The van der Waals surface area contributed by atoms with Crippen molar-refractivity contribution in [2.45, 2.75) is 25.8 Å². The highest BCUT2D eigenvalue weighted by molar-refractivity contribution is 5.76. The third-order valence-corrected chi connectivity index (χ3v) is 3.91. The first-order chi connectivity index (χ1) is 10.0. The van der Waals surface area contributed by atoms with E-state index < -0.39 is 0 Å². The second-order valence-corrected chi connectivity index (χ2v) is 5.87. The fourth-order valence-corrected chi connectivity index (χ4v) is 2.71. The lowest BCUT2D eigenvalue weighted by Gasteiger charge is -2.35. The molecule has 5 heteroatoms. The fourth-order valence-electron chi connectivity index (χ4n) is 2.71. The molecular weight excluding hydrogens is 266 g/mol. The molecule has 1 heterocycles. The molecule has 0 aromatic heterocycles. The van der Waals surface area contributed by atoms with Gasteiger partial charge in [-0.05, 0) is 38.1 Å². The number of rotatable bonds is 5. The van der Waals surface area contributed by atoms with Gasteiger partial charge < -0.3 is 20.7 Å². The Balaban J connectivity index is 1.70. The molecule has 1 aliphatic heterocycles. The van der Waals surface area contributed by atoms with Crippen LogP contribution in [0.5, 0.6) is 5.75 Å². The van der Waals surface area contributed by atoms with E-state index in [1.54, 1.807) is 12.1 Å². The van der Waals surface area contributed by atoms with Crippen molar-refractivity contribution in [3.63, 3.8) is 0 Å². The molecular formula is C16H25N3O2. The van der Waals surface area contributed by atoms with Crippen LogP contribution in [0.15, 0.2) is 24.3 Å². The minimum atomic E-state index is 0.0558. The van der Waals surface area contributed by atoms with Gasteiger partial charge in [-0.25, -0.2) is 0 Å². The summed E-state index contributed by atoms with van der Waals surface area (Å²) in [5.41, 5.74) is 6.34. The van der Waals surface area contributed by atoms with Crippen molar-refractivity contribution in [2.24, 2.45) is 5.92 Å². The van der Waals surface area contributed by atoms with Gasteiger partial charge in [0.05, 0.1) is 13.0 Å². The van der Waals surface area contributed by atoms with Gasteiger partial charge in [0.25, 0.3) is 0 Å². The molecule has 2 rings (SSSR count). The van der Waals surface area contributed by atoms with Crippen molar-refractivity contribution in [3.8, 4) is 5.75 Å². The molecule has 1 saturated heterocycles. The van der Waals surface area contributed by atoms with Gasteiger partial charge in [-0.15, -0.1) is 0 Å². The maximum Gasteiger partial charge on any atom is 0.223 e. The van der Waals surface area contributed by atoms with E-state index in [0.29, 0.717) is 30.4 Å². The third kappa shape index (κ3) is 4.93. The normalized spacial score (nSPS) is 22.8. The molecule has 1 aromatic rings. The average molecular weight is 291 g/mol. The Morgan fingerprint density at radius 1 is 1.52 bits per heavy atom. The highest BCUT2D eigenvalue weighted by atomic mass is 16.5. The number of nitrogens with one attached hydrogen (secondary N) is 1. The first kappa shape index (κ1) is 15.6. The average Bonchev–Trinajstić information content (AvgIpc) is 2.42. The number of nitrogens with two attached hydrogens (primary N) is 1. The fraction of sp³-hybridized carbons (Fsp3) is 0.562. The van der Waals surface area contributed by atoms with Crippen LogP contribution in [0.2, 0.25) is 0 Å². The number of benzene rings is 1. The summed E-state index contributed by atoms with van der Waals surface area (Å²) in [6, 6.07) is 7.53. The van der Waals surface area contributed by atoms with Crippen LogP contribution in [-0.4, -0.2) is 43.6 Å². The van der Waals surface area contributed by atoms with Crippen molar-refractivity contribution >= 4 is 11.6 Å². The smallest absolute Gasteiger partial charge is 0.223 e. The molecule has 0 radical (unpaired) electrons. The number of amides is 1. The summed E-state index contributed by atoms with van der Waals surface area (Å²) >= 11 is 0. The van der Waals surface area contributed by atoms with Crippen LogP contribution >= 0.6 is 0 Å². The molecule has 3 N–H and O–H groups in total. The highest BCUT2D eigenvalue weighted by Gasteiger charge is 2.25. The van der Waals surface area contributed by atoms with Crippen LogP contribution in [0.1, 0.15) is 19.8 Å². The van der Waals surface area contributed by atoms with Crippen molar-refractivity contribution in [1.29, 1.82) is 0 Å². The molecule has 1 aliphatic rings. The van der Waals surface area contributed by atoms with Crippen molar-refractivity contribution in [2.75, 3.05) is 32.5 Å². The number of carbonyl (C=O) groups excluding carboxylic acids is 1. The van der Waals surface area contributed by atoms with Crippen LogP contribution in [-0.2, 0) is 4.79 Å². The first-order valence-corrected chi connectivity index (χ1v) is 7.51. The Labute approximate surface area is 126 Å². The Hall–Kier alpha value is -1.75. The summed E-state index contributed by atoms with van der Waals surface area (Å²) < 4.78 is 5.54. The number of nitrogens with zero attached hydrogens (tertiary/aromatic N) is 1. The summed E-state index contributed by atoms with van der Waals surface area (Å²) in [6.07, 6.45) is 1.38. The van der Waals surface area contributed by atoms with Crippen molar-refractivity contribution in [1.82, 2.24) is 10.2 Å².